The molecule has 120 valence electrons. The van der Waals surface area contributed by atoms with E-state index in [1.54, 1.807) is 20.3 Å². The molecule has 5 nitrogen and oxygen atoms in total. The normalized spacial score (nSPS) is 16.6. The van der Waals surface area contributed by atoms with Crippen molar-refractivity contribution in [2.45, 2.75) is 6.42 Å². The first-order chi connectivity index (χ1) is 10.6. The lowest BCUT2D eigenvalue weighted by atomic mass is 10.2. The molecule has 0 radical (unpaired) electrons. The molecule has 1 amide bonds. The number of hydrogen-bond donors (Lipinski definition) is 0. The number of benzene rings is 1. The molecule has 1 aromatic rings. The van der Waals surface area contributed by atoms with Crippen LogP contribution in [0.3, 0.4) is 0 Å². The number of likely N-dealkylation sites (N-methyl/N-ethyl adjacent to an activating group) is 1. The Morgan fingerprint density at radius 3 is 2.59 bits per heavy atom. The van der Waals surface area contributed by atoms with E-state index >= 15 is 0 Å². The number of amides is 1. The zero-order chi connectivity index (χ0) is 15.9. The van der Waals surface area contributed by atoms with Gasteiger partial charge in [-0.15, -0.1) is 0 Å². The second-order valence-electron chi connectivity index (χ2n) is 5.43. The van der Waals surface area contributed by atoms with Crippen molar-refractivity contribution < 1.29 is 14.3 Å². The third-order valence-corrected chi connectivity index (χ3v) is 3.86. The van der Waals surface area contributed by atoms with Crippen LogP contribution in [-0.4, -0.2) is 63.2 Å². The second kappa shape index (κ2) is 7.84. The van der Waals surface area contributed by atoms with Gasteiger partial charge in [-0.05, 0) is 43.8 Å². The summed E-state index contributed by atoms with van der Waals surface area (Å²) in [6.45, 7) is 3.57. The van der Waals surface area contributed by atoms with Gasteiger partial charge in [0.1, 0.15) is 0 Å². The smallest absolute Gasteiger partial charge is 0.246 e. The zero-order valence-electron chi connectivity index (χ0n) is 13.5. The van der Waals surface area contributed by atoms with Gasteiger partial charge in [0.15, 0.2) is 11.5 Å². The molecular formula is C17H24N2O3. The monoisotopic (exact) mass is 304 g/mol. The molecule has 2 rings (SSSR count). The van der Waals surface area contributed by atoms with E-state index in [1.807, 2.05) is 29.2 Å². The lowest BCUT2D eigenvalue weighted by Gasteiger charge is -2.18. The maximum Gasteiger partial charge on any atom is 0.246 e. The summed E-state index contributed by atoms with van der Waals surface area (Å²) in [5.74, 6) is 1.40. The van der Waals surface area contributed by atoms with Gasteiger partial charge in [-0.2, -0.15) is 0 Å². The average molecular weight is 304 g/mol. The zero-order valence-corrected chi connectivity index (χ0v) is 13.5. The number of carbonyl (C=O) groups excluding carboxylic acids is 1. The topological polar surface area (TPSA) is 42.0 Å². The molecule has 0 aromatic heterocycles. The standard InChI is InChI=1S/C17H24N2O3/c1-18-9-4-10-19(12-11-18)17(20)8-6-14-5-7-15(21-2)16(13-14)22-3/h5-8,13H,4,9-12H2,1-3H3/b8-6+. The van der Waals surface area contributed by atoms with E-state index in [-0.39, 0.29) is 5.91 Å². The van der Waals surface area contributed by atoms with Crippen molar-refractivity contribution in [2.75, 3.05) is 47.4 Å². The first-order valence-electron chi connectivity index (χ1n) is 7.51. The first-order valence-corrected chi connectivity index (χ1v) is 7.51. The summed E-state index contributed by atoms with van der Waals surface area (Å²) in [6.07, 6.45) is 4.47. The minimum absolute atomic E-state index is 0.0603. The Labute approximate surface area is 132 Å². The molecule has 1 saturated heterocycles. The van der Waals surface area contributed by atoms with Gasteiger partial charge in [-0.25, -0.2) is 0 Å². The van der Waals surface area contributed by atoms with E-state index in [0.29, 0.717) is 11.5 Å². The van der Waals surface area contributed by atoms with E-state index in [0.717, 1.165) is 38.2 Å². The molecule has 1 heterocycles. The van der Waals surface area contributed by atoms with Crippen LogP contribution in [0.25, 0.3) is 6.08 Å². The molecule has 0 spiro atoms. The van der Waals surface area contributed by atoms with Crippen molar-refractivity contribution >= 4 is 12.0 Å². The maximum atomic E-state index is 12.3. The van der Waals surface area contributed by atoms with Gasteiger partial charge in [-0.3, -0.25) is 4.79 Å². The molecule has 0 N–H and O–H groups in total. The minimum Gasteiger partial charge on any atom is -0.493 e. The van der Waals surface area contributed by atoms with E-state index in [9.17, 15) is 4.79 Å². The van der Waals surface area contributed by atoms with E-state index in [1.165, 1.54) is 0 Å². The fourth-order valence-corrected chi connectivity index (χ4v) is 2.50. The van der Waals surface area contributed by atoms with Crippen molar-refractivity contribution in [2.24, 2.45) is 0 Å². The number of nitrogens with zero attached hydrogens (tertiary/aromatic N) is 2. The molecule has 0 saturated carbocycles. The predicted octanol–water partition coefficient (Wildman–Crippen LogP) is 1.88. The Morgan fingerprint density at radius 2 is 1.86 bits per heavy atom. The molecule has 1 aliphatic heterocycles. The maximum absolute atomic E-state index is 12.3. The quantitative estimate of drug-likeness (QED) is 0.797. The molecule has 0 aliphatic carbocycles. The summed E-state index contributed by atoms with van der Waals surface area (Å²) in [7, 11) is 5.30. The first kappa shape index (κ1) is 16.4. The van der Waals surface area contributed by atoms with Crippen LogP contribution in [0.2, 0.25) is 0 Å². The fraction of sp³-hybridized carbons (Fsp3) is 0.471. The third-order valence-electron chi connectivity index (χ3n) is 3.86. The van der Waals surface area contributed by atoms with Crippen molar-refractivity contribution in [3.8, 4) is 11.5 Å². The summed E-state index contributed by atoms with van der Waals surface area (Å²) in [6, 6.07) is 5.60. The van der Waals surface area contributed by atoms with Crippen LogP contribution >= 0.6 is 0 Å². The Kier molecular flexibility index (Phi) is 5.83. The summed E-state index contributed by atoms with van der Waals surface area (Å²) in [4.78, 5) is 16.4. The number of rotatable bonds is 4. The third kappa shape index (κ3) is 4.24. The Bertz CT molecular complexity index is 543. The van der Waals surface area contributed by atoms with Crippen LogP contribution in [-0.2, 0) is 4.79 Å². The van der Waals surface area contributed by atoms with Crippen molar-refractivity contribution in [1.82, 2.24) is 9.80 Å². The molecule has 0 bridgehead atoms. The SMILES string of the molecule is COc1ccc(/C=C/C(=O)N2CCCN(C)CC2)cc1OC. The van der Waals surface area contributed by atoms with Gasteiger partial charge in [0.05, 0.1) is 14.2 Å². The van der Waals surface area contributed by atoms with Gasteiger partial charge in [0, 0.05) is 25.7 Å². The van der Waals surface area contributed by atoms with E-state index in [4.69, 9.17) is 9.47 Å². The largest absolute Gasteiger partial charge is 0.493 e. The number of ether oxygens (including phenoxy) is 2. The van der Waals surface area contributed by atoms with E-state index in [2.05, 4.69) is 11.9 Å². The van der Waals surface area contributed by atoms with Crippen LogP contribution in [0.15, 0.2) is 24.3 Å². The van der Waals surface area contributed by atoms with Gasteiger partial charge in [0.25, 0.3) is 0 Å². The predicted molar refractivity (Wildman–Crippen MR) is 87.3 cm³/mol. The van der Waals surface area contributed by atoms with Crippen molar-refractivity contribution in [3.63, 3.8) is 0 Å². The minimum atomic E-state index is 0.0603. The lowest BCUT2D eigenvalue weighted by Crippen LogP contribution is -2.33. The fourth-order valence-electron chi connectivity index (χ4n) is 2.50. The van der Waals surface area contributed by atoms with Crippen LogP contribution < -0.4 is 9.47 Å². The van der Waals surface area contributed by atoms with Crippen molar-refractivity contribution in [1.29, 1.82) is 0 Å². The second-order valence-corrected chi connectivity index (χ2v) is 5.43. The van der Waals surface area contributed by atoms with Gasteiger partial charge < -0.3 is 19.3 Å². The molecule has 1 aromatic carbocycles. The van der Waals surface area contributed by atoms with Crippen LogP contribution in [0.1, 0.15) is 12.0 Å². The van der Waals surface area contributed by atoms with E-state index < -0.39 is 0 Å². The number of methoxy groups -OCH3 is 2. The summed E-state index contributed by atoms with van der Waals surface area (Å²) >= 11 is 0. The molecular weight excluding hydrogens is 280 g/mol. The van der Waals surface area contributed by atoms with Gasteiger partial charge >= 0.3 is 0 Å². The van der Waals surface area contributed by atoms with Crippen LogP contribution in [0.5, 0.6) is 11.5 Å². The summed E-state index contributed by atoms with van der Waals surface area (Å²) in [5, 5.41) is 0. The Morgan fingerprint density at radius 1 is 1.09 bits per heavy atom. The molecule has 0 atom stereocenters. The molecule has 0 unspecified atom stereocenters. The molecule has 1 fully saturated rings. The van der Waals surface area contributed by atoms with Crippen LogP contribution in [0, 0.1) is 0 Å². The van der Waals surface area contributed by atoms with Gasteiger partial charge in [-0.1, -0.05) is 6.07 Å². The van der Waals surface area contributed by atoms with Crippen molar-refractivity contribution in [3.05, 3.63) is 29.8 Å². The van der Waals surface area contributed by atoms with Gasteiger partial charge in [0.2, 0.25) is 5.91 Å². The highest BCUT2D eigenvalue weighted by Crippen LogP contribution is 2.27. The molecule has 22 heavy (non-hydrogen) atoms. The lowest BCUT2D eigenvalue weighted by molar-refractivity contribution is -0.125. The average Bonchev–Trinajstić information content (AvgIpc) is 2.77. The number of carbonyl (C=O) groups is 1. The Hall–Kier alpha value is -2.01. The van der Waals surface area contributed by atoms with Crippen LogP contribution in [0.4, 0.5) is 0 Å². The molecule has 5 heteroatoms. The summed E-state index contributed by atoms with van der Waals surface area (Å²) in [5.41, 5.74) is 0.915. The Balaban J connectivity index is 2.03. The highest BCUT2D eigenvalue weighted by Gasteiger charge is 2.15. The summed E-state index contributed by atoms with van der Waals surface area (Å²) < 4.78 is 10.5. The highest BCUT2D eigenvalue weighted by molar-refractivity contribution is 5.91. The highest BCUT2D eigenvalue weighted by atomic mass is 16.5. The molecule has 1 aliphatic rings. The number of hydrogen-bond acceptors (Lipinski definition) is 4.